The molecule has 0 amide bonds. The van der Waals surface area contributed by atoms with E-state index in [9.17, 15) is 13.2 Å². The Balaban J connectivity index is 2.72. The third-order valence-corrected chi connectivity index (χ3v) is 2.75. The van der Waals surface area contributed by atoms with Crippen LogP contribution in [0, 0.1) is 0 Å². The first-order valence-electron chi connectivity index (χ1n) is 3.65. The Morgan fingerprint density at radius 3 is 2.23 bits per heavy atom. The van der Waals surface area contributed by atoms with Crippen molar-refractivity contribution >= 4 is 28.9 Å². The number of hydrazone groups is 1. The molecule has 0 aromatic heterocycles. The van der Waals surface area contributed by atoms with Gasteiger partial charge in [0.1, 0.15) is 6.34 Å². The van der Waals surface area contributed by atoms with Crippen molar-refractivity contribution in [1.82, 2.24) is 9.91 Å². The van der Waals surface area contributed by atoms with Crippen molar-refractivity contribution in [2.75, 3.05) is 0 Å². The zero-order chi connectivity index (χ0) is 10.2. The van der Waals surface area contributed by atoms with Crippen LogP contribution in [0.25, 0.3) is 0 Å². The van der Waals surface area contributed by atoms with Crippen LogP contribution in [0.4, 0.5) is 13.2 Å². The lowest BCUT2D eigenvalue weighted by molar-refractivity contribution is -0.223. The summed E-state index contributed by atoms with van der Waals surface area (Å²) in [5.74, 6) is 0. The molecule has 0 bridgehead atoms. The van der Waals surface area contributed by atoms with Crippen LogP contribution >= 0.6 is 22.6 Å². The Hall–Kier alpha value is -0.210. The van der Waals surface area contributed by atoms with Gasteiger partial charge in [-0.2, -0.15) is 5.10 Å². The molecule has 0 saturated heterocycles. The second-order valence-corrected chi connectivity index (χ2v) is 4.00. The molecule has 1 heterocycles. The molecule has 0 spiro atoms. The van der Waals surface area contributed by atoms with Gasteiger partial charge in [0.25, 0.3) is 0 Å². The van der Waals surface area contributed by atoms with E-state index < -0.39 is 10.5 Å². The SMILES string of the molecule is CC(C)N1N=CN(C(F)(F)F)C1I. The molecule has 1 aliphatic rings. The minimum atomic E-state index is -4.35. The molecule has 0 fully saturated rings. The van der Waals surface area contributed by atoms with E-state index in [2.05, 4.69) is 5.10 Å². The Morgan fingerprint density at radius 2 is 2.00 bits per heavy atom. The minimum absolute atomic E-state index is 0.0366. The number of alkyl halides is 4. The first kappa shape index (κ1) is 10.9. The van der Waals surface area contributed by atoms with E-state index in [1.165, 1.54) is 5.01 Å². The molecule has 3 nitrogen and oxygen atoms in total. The average Bonchev–Trinajstić information content (AvgIpc) is 2.28. The number of hydrogen-bond donors (Lipinski definition) is 0. The van der Waals surface area contributed by atoms with Crippen molar-refractivity contribution in [1.29, 1.82) is 0 Å². The molecule has 1 aliphatic heterocycles. The molecule has 0 aromatic carbocycles. The fourth-order valence-corrected chi connectivity index (χ4v) is 2.17. The fourth-order valence-electron chi connectivity index (χ4n) is 0.918. The predicted octanol–water partition coefficient (Wildman–Crippen LogP) is 2.19. The van der Waals surface area contributed by atoms with E-state index in [-0.39, 0.29) is 10.9 Å². The van der Waals surface area contributed by atoms with Crippen molar-refractivity contribution < 1.29 is 13.2 Å². The minimum Gasteiger partial charge on any atom is -0.261 e. The highest BCUT2D eigenvalue weighted by molar-refractivity contribution is 14.1. The summed E-state index contributed by atoms with van der Waals surface area (Å²) in [7, 11) is 0. The molecular formula is C6H9F3IN3. The summed E-state index contributed by atoms with van der Waals surface area (Å²) in [6, 6.07) is -0.0366. The average molecular weight is 307 g/mol. The van der Waals surface area contributed by atoms with Crippen LogP contribution in [0.5, 0.6) is 0 Å². The van der Waals surface area contributed by atoms with Crippen molar-refractivity contribution in [3.05, 3.63) is 0 Å². The smallest absolute Gasteiger partial charge is 0.261 e. The van der Waals surface area contributed by atoms with Crippen molar-refractivity contribution in [3.8, 4) is 0 Å². The second-order valence-electron chi connectivity index (χ2n) is 2.89. The Morgan fingerprint density at radius 1 is 1.46 bits per heavy atom. The van der Waals surface area contributed by atoms with Gasteiger partial charge in [-0.05, 0) is 36.4 Å². The van der Waals surface area contributed by atoms with Gasteiger partial charge in [-0.1, -0.05) is 0 Å². The summed E-state index contributed by atoms with van der Waals surface area (Å²) in [6.45, 7) is 3.59. The summed E-state index contributed by atoms with van der Waals surface area (Å²) in [4.78, 5) is 0.271. The van der Waals surface area contributed by atoms with Gasteiger partial charge in [0.05, 0.1) is 0 Å². The molecule has 0 saturated carbocycles. The van der Waals surface area contributed by atoms with Gasteiger partial charge in [-0.3, -0.25) is 5.01 Å². The van der Waals surface area contributed by atoms with Crippen molar-refractivity contribution in [2.45, 2.75) is 30.4 Å². The number of halogens is 4. The van der Waals surface area contributed by atoms with E-state index in [1.54, 1.807) is 36.4 Å². The predicted molar refractivity (Wildman–Crippen MR) is 51.2 cm³/mol. The van der Waals surface area contributed by atoms with Crippen molar-refractivity contribution in [2.24, 2.45) is 5.10 Å². The number of rotatable bonds is 1. The maximum Gasteiger partial charge on any atom is 0.488 e. The van der Waals surface area contributed by atoms with Gasteiger partial charge >= 0.3 is 6.30 Å². The topological polar surface area (TPSA) is 18.8 Å². The monoisotopic (exact) mass is 307 g/mol. The highest BCUT2D eigenvalue weighted by atomic mass is 127. The maximum atomic E-state index is 12.3. The molecule has 7 heteroatoms. The Bertz CT molecular complexity index is 216. The summed E-state index contributed by atoms with van der Waals surface area (Å²) in [5.41, 5.74) is 0. The molecule has 1 rings (SSSR count). The highest BCUT2D eigenvalue weighted by Crippen LogP contribution is 2.31. The summed E-state index contributed by atoms with van der Waals surface area (Å²) in [5, 5.41) is 5.07. The van der Waals surface area contributed by atoms with E-state index in [0.29, 0.717) is 0 Å². The number of hydrogen-bond acceptors (Lipinski definition) is 3. The van der Waals surface area contributed by atoms with Crippen LogP contribution in [-0.2, 0) is 0 Å². The zero-order valence-electron chi connectivity index (χ0n) is 7.09. The Kier molecular flexibility index (Phi) is 2.93. The van der Waals surface area contributed by atoms with Gasteiger partial charge in [0.15, 0.2) is 4.17 Å². The molecule has 0 N–H and O–H groups in total. The van der Waals surface area contributed by atoms with E-state index in [0.717, 1.165) is 6.34 Å². The number of nitrogens with zero attached hydrogens (tertiary/aromatic N) is 3. The molecule has 1 unspecified atom stereocenters. The highest BCUT2D eigenvalue weighted by Gasteiger charge is 2.44. The van der Waals surface area contributed by atoms with Gasteiger partial charge in [-0.15, -0.1) is 13.2 Å². The summed E-state index contributed by atoms with van der Waals surface area (Å²) >= 11 is 1.70. The maximum absolute atomic E-state index is 12.3. The molecule has 0 aromatic rings. The Labute approximate surface area is 87.7 Å². The standard InChI is InChI=1S/C6H9F3IN3/c1-4(2)13-5(10)12(3-11-13)6(7,8)9/h3-5H,1-2H3. The van der Waals surface area contributed by atoms with Crippen LogP contribution in [0.3, 0.4) is 0 Å². The third-order valence-electron chi connectivity index (χ3n) is 1.58. The molecular weight excluding hydrogens is 298 g/mol. The van der Waals surface area contributed by atoms with Crippen molar-refractivity contribution in [3.63, 3.8) is 0 Å². The molecule has 0 radical (unpaired) electrons. The first-order chi connectivity index (χ1) is 5.84. The van der Waals surface area contributed by atoms with Gasteiger partial charge in [-0.25, -0.2) is 4.90 Å². The van der Waals surface area contributed by atoms with E-state index in [1.807, 2.05) is 0 Å². The first-order valence-corrected chi connectivity index (χ1v) is 4.90. The largest absolute Gasteiger partial charge is 0.488 e. The van der Waals surface area contributed by atoms with Crippen LogP contribution in [0.2, 0.25) is 0 Å². The molecule has 76 valence electrons. The summed E-state index contributed by atoms with van der Waals surface area (Å²) in [6.07, 6.45) is -3.53. The van der Waals surface area contributed by atoms with Crippen LogP contribution in [0.15, 0.2) is 5.10 Å². The lowest BCUT2D eigenvalue weighted by Gasteiger charge is -2.29. The molecule has 13 heavy (non-hydrogen) atoms. The molecule has 1 atom stereocenters. The summed E-state index contributed by atoms with van der Waals surface area (Å²) < 4.78 is 36.0. The van der Waals surface area contributed by atoms with E-state index >= 15 is 0 Å². The quantitative estimate of drug-likeness (QED) is 0.420. The normalized spacial score (nSPS) is 23.5. The zero-order valence-corrected chi connectivity index (χ0v) is 9.24. The second kappa shape index (κ2) is 3.50. The van der Waals surface area contributed by atoms with E-state index in [4.69, 9.17) is 0 Å². The molecule has 0 aliphatic carbocycles. The van der Waals surface area contributed by atoms with Gasteiger partial charge in [0, 0.05) is 6.04 Å². The lowest BCUT2D eigenvalue weighted by atomic mass is 10.4. The third kappa shape index (κ3) is 2.18. The van der Waals surface area contributed by atoms with Crippen LogP contribution in [-0.4, -0.2) is 32.8 Å². The lowest BCUT2D eigenvalue weighted by Crippen LogP contribution is -2.45. The van der Waals surface area contributed by atoms with Gasteiger partial charge in [0.2, 0.25) is 0 Å². The fraction of sp³-hybridized carbons (Fsp3) is 0.833. The van der Waals surface area contributed by atoms with Crippen LogP contribution in [0.1, 0.15) is 13.8 Å². The van der Waals surface area contributed by atoms with Gasteiger partial charge < -0.3 is 0 Å². The van der Waals surface area contributed by atoms with Crippen LogP contribution < -0.4 is 0 Å².